The van der Waals surface area contributed by atoms with Gasteiger partial charge >= 0.3 is 0 Å². The number of carbonyl (C=O) groups excluding carboxylic acids is 1. The van der Waals surface area contributed by atoms with Gasteiger partial charge in [0.1, 0.15) is 6.10 Å². The third-order valence-electron chi connectivity index (χ3n) is 3.30. The molecule has 108 valence electrons. The molecule has 4 heteroatoms. The zero-order chi connectivity index (χ0) is 14.2. The lowest BCUT2D eigenvalue weighted by Gasteiger charge is -2.19. The van der Waals surface area contributed by atoms with E-state index in [0.29, 0.717) is 12.1 Å². The second-order valence-corrected chi connectivity index (χ2v) is 5.03. The summed E-state index contributed by atoms with van der Waals surface area (Å²) in [5, 5.41) is 6.20. The van der Waals surface area contributed by atoms with Gasteiger partial charge in [0.15, 0.2) is 0 Å². The molecule has 1 atom stereocenters. The summed E-state index contributed by atoms with van der Waals surface area (Å²) >= 11 is 0. The van der Waals surface area contributed by atoms with E-state index in [4.69, 9.17) is 4.74 Å². The van der Waals surface area contributed by atoms with Gasteiger partial charge in [-0.3, -0.25) is 4.79 Å². The quantitative estimate of drug-likeness (QED) is 0.780. The Kier molecular flexibility index (Phi) is 5.62. The Hall–Kier alpha value is -1.81. The number of amides is 1. The van der Waals surface area contributed by atoms with Crippen LogP contribution in [0.4, 0.5) is 0 Å². The first-order valence-corrected chi connectivity index (χ1v) is 7.12. The third-order valence-corrected chi connectivity index (χ3v) is 3.30. The van der Waals surface area contributed by atoms with Crippen LogP contribution < -0.4 is 10.6 Å². The molecule has 1 aliphatic heterocycles. The van der Waals surface area contributed by atoms with Crippen molar-refractivity contribution in [1.82, 2.24) is 10.6 Å². The zero-order valence-corrected chi connectivity index (χ0v) is 11.9. The summed E-state index contributed by atoms with van der Waals surface area (Å²) in [7, 11) is 0. The molecule has 1 aromatic carbocycles. The molecular formula is C16H22N2O2. The van der Waals surface area contributed by atoms with E-state index >= 15 is 0 Å². The fraction of sp³-hybridized carbons (Fsp3) is 0.438. The van der Waals surface area contributed by atoms with E-state index in [2.05, 4.69) is 10.6 Å². The van der Waals surface area contributed by atoms with Crippen LogP contribution in [0.25, 0.3) is 0 Å². The molecule has 1 aliphatic rings. The maximum Gasteiger partial charge on any atom is 0.251 e. The second kappa shape index (κ2) is 7.70. The third kappa shape index (κ3) is 4.70. The first kappa shape index (κ1) is 14.6. The number of aryl methyl sites for hydroxylation is 1. The molecule has 0 bridgehead atoms. The summed E-state index contributed by atoms with van der Waals surface area (Å²) in [5.74, 6) is -0.0244. The van der Waals surface area contributed by atoms with Crippen molar-refractivity contribution in [3.05, 3.63) is 47.7 Å². The van der Waals surface area contributed by atoms with Gasteiger partial charge in [0.2, 0.25) is 0 Å². The molecule has 0 spiro atoms. The molecular weight excluding hydrogens is 252 g/mol. The molecule has 1 heterocycles. The Morgan fingerprint density at radius 3 is 2.80 bits per heavy atom. The molecule has 0 radical (unpaired) electrons. The van der Waals surface area contributed by atoms with Gasteiger partial charge in [-0.1, -0.05) is 17.7 Å². The molecule has 1 unspecified atom stereocenters. The number of ether oxygens (including phenoxy) is 1. The van der Waals surface area contributed by atoms with E-state index in [-0.39, 0.29) is 12.0 Å². The lowest BCUT2D eigenvalue weighted by Crippen LogP contribution is -2.36. The number of benzene rings is 1. The van der Waals surface area contributed by atoms with E-state index < -0.39 is 0 Å². The minimum absolute atomic E-state index is 0.0244. The minimum atomic E-state index is -0.0244. The van der Waals surface area contributed by atoms with Crippen molar-refractivity contribution in [2.75, 3.05) is 19.6 Å². The van der Waals surface area contributed by atoms with Gasteiger partial charge < -0.3 is 15.4 Å². The van der Waals surface area contributed by atoms with Gasteiger partial charge in [-0.15, -0.1) is 0 Å². The summed E-state index contributed by atoms with van der Waals surface area (Å²) in [6, 6.07) is 7.59. The largest absolute Gasteiger partial charge is 0.497 e. The van der Waals surface area contributed by atoms with Crippen molar-refractivity contribution in [3.8, 4) is 0 Å². The molecule has 0 fully saturated rings. The van der Waals surface area contributed by atoms with Gasteiger partial charge in [-0.05, 0) is 38.0 Å². The summed E-state index contributed by atoms with van der Waals surface area (Å²) in [5.41, 5.74) is 1.86. The number of hydrogen-bond donors (Lipinski definition) is 2. The lowest BCUT2D eigenvalue weighted by atomic mass is 10.1. The van der Waals surface area contributed by atoms with Gasteiger partial charge in [0.25, 0.3) is 5.91 Å². The molecule has 0 saturated carbocycles. The highest BCUT2D eigenvalue weighted by molar-refractivity contribution is 5.94. The SMILES string of the molecule is Cc1ccc(C(=O)NCCNCC2CCC=CO2)cc1. The Morgan fingerprint density at radius 2 is 2.10 bits per heavy atom. The van der Waals surface area contributed by atoms with Crippen LogP contribution in [0.1, 0.15) is 28.8 Å². The van der Waals surface area contributed by atoms with Crippen molar-refractivity contribution in [1.29, 1.82) is 0 Å². The van der Waals surface area contributed by atoms with Crippen molar-refractivity contribution in [3.63, 3.8) is 0 Å². The van der Waals surface area contributed by atoms with Crippen LogP contribution in [0.3, 0.4) is 0 Å². The maximum absolute atomic E-state index is 11.8. The highest BCUT2D eigenvalue weighted by Crippen LogP contribution is 2.08. The summed E-state index contributed by atoms with van der Waals surface area (Å²) in [4.78, 5) is 11.8. The standard InChI is InChI=1S/C16H22N2O2/c1-13-5-7-14(8-6-13)16(19)18-10-9-17-12-15-4-2-3-11-20-15/h3,5-8,11,15,17H,2,4,9-10,12H2,1H3,(H,18,19). The average molecular weight is 274 g/mol. The Morgan fingerprint density at radius 1 is 1.30 bits per heavy atom. The van der Waals surface area contributed by atoms with Crippen LogP contribution in [0, 0.1) is 6.92 Å². The lowest BCUT2D eigenvalue weighted by molar-refractivity contribution is 0.0952. The van der Waals surface area contributed by atoms with Crippen LogP contribution in [-0.4, -0.2) is 31.6 Å². The summed E-state index contributed by atoms with van der Waals surface area (Å²) < 4.78 is 5.46. The van der Waals surface area contributed by atoms with E-state index in [9.17, 15) is 4.79 Å². The molecule has 2 rings (SSSR count). The van der Waals surface area contributed by atoms with Crippen LogP contribution in [0.2, 0.25) is 0 Å². The fourth-order valence-corrected chi connectivity index (χ4v) is 2.07. The Balaban J connectivity index is 1.59. The van der Waals surface area contributed by atoms with E-state index in [1.807, 2.05) is 37.3 Å². The number of rotatable bonds is 6. The van der Waals surface area contributed by atoms with Crippen LogP contribution >= 0.6 is 0 Å². The van der Waals surface area contributed by atoms with E-state index in [1.54, 1.807) is 6.26 Å². The van der Waals surface area contributed by atoms with Crippen LogP contribution in [-0.2, 0) is 4.74 Å². The highest BCUT2D eigenvalue weighted by atomic mass is 16.5. The minimum Gasteiger partial charge on any atom is -0.497 e. The molecule has 1 amide bonds. The molecule has 0 aromatic heterocycles. The van der Waals surface area contributed by atoms with Gasteiger partial charge in [0.05, 0.1) is 6.26 Å². The van der Waals surface area contributed by atoms with E-state index in [0.717, 1.165) is 31.5 Å². The molecule has 20 heavy (non-hydrogen) atoms. The van der Waals surface area contributed by atoms with Crippen molar-refractivity contribution < 1.29 is 9.53 Å². The normalized spacial score (nSPS) is 17.6. The summed E-state index contributed by atoms with van der Waals surface area (Å²) in [6.07, 6.45) is 6.20. The number of carbonyl (C=O) groups is 1. The maximum atomic E-state index is 11.8. The topological polar surface area (TPSA) is 50.4 Å². The predicted octanol–water partition coefficient (Wildman–Crippen LogP) is 2.01. The van der Waals surface area contributed by atoms with Gasteiger partial charge in [-0.2, -0.15) is 0 Å². The van der Waals surface area contributed by atoms with Gasteiger partial charge in [0, 0.05) is 25.2 Å². The number of nitrogens with one attached hydrogen (secondary N) is 2. The monoisotopic (exact) mass is 274 g/mol. The fourth-order valence-electron chi connectivity index (χ4n) is 2.07. The first-order chi connectivity index (χ1) is 9.75. The molecule has 0 aliphatic carbocycles. The molecule has 1 aromatic rings. The Labute approximate surface area is 120 Å². The summed E-state index contributed by atoms with van der Waals surface area (Å²) in [6.45, 7) is 4.20. The molecule has 4 nitrogen and oxygen atoms in total. The average Bonchev–Trinajstić information content (AvgIpc) is 2.48. The number of hydrogen-bond acceptors (Lipinski definition) is 3. The van der Waals surface area contributed by atoms with Crippen LogP contribution in [0.15, 0.2) is 36.6 Å². The van der Waals surface area contributed by atoms with Crippen molar-refractivity contribution in [2.45, 2.75) is 25.9 Å². The predicted molar refractivity (Wildman–Crippen MR) is 79.6 cm³/mol. The second-order valence-electron chi connectivity index (χ2n) is 5.03. The smallest absolute Gasteiger partial charge is 0.251 e. The molecule has 2 N–H and O–H groups in total. The van der Waals surface area contributed by atoms with Crippen LogP contribution in [0.5, 0.6) is 0 Å². The van der Waals surface area contributed by atoms with Gasteiger partial charge in [-0.25, -0.2) is 0 Å². The van der Waals surface area contributed by atoms with Crippen molar-refractivity contribution >= 4 is 5.91 Å². The Bertz CT molecular complexity index is 454. The molecule has 0 saturated heterocycles. The van der Waals surface area contributed by atoms with Crippen molar-refractivity contribution in [2.24, 2.45) is 0 Å². The number of allylic oxidation sites excluding steroid dienone is 1. The first-order valence-electron chi connectivity index (χ1n) is 7.12. The zero-order valence-electron chi connectivity index (χ0n) is 11.9. The highest BCUT2D eigenvalue weighted by Gasteiger charge is 2.09. The van der Waals surface area contributed by atoms with E-state index in [1.165, 1.54) is 0 Å².